The van der Waals surface area contributed by atoms with E-state index in [0.29, 0.717) is 30.4 Å². The number of aryl methyl sites for hydroxylation is 1. The fourth-order valence-corrected chi connectivity index (χ4v) is 2.66. The maximum Gasteiger partial charge on any atom is 0.511 e. The summed E-state index contributed by atoms with van der Waals surface area (Å²) in [6.45, 7) is 8.48. The number of amides is 1. The molecule has 9 heteroatoms. The number of pyridine rings is 1. The molecule has 0 aliphatic rings. The molecule has 28 heavy (non-hydrogen) atoms. The smallest absolute Gasteiger partial charge is 0.504 e. The molecule has 0 unspecified atom stereocenters. The third-order valence-corrected chi connectivity index (χ3v) is 4.01. The van der Waals surface area contributed by atoms with Crippen molar-refractivity contribution >= 4 is 23.0 Å². The highest BCUT2D eigenvalue weighted by atomic mass is 16.7. The Hall–Kier alpha value is -3.07. The van der Waals surface area contributed by atoms with Crippen LogP contribution < -0.4 is 16.0 Å². The summed E-state index contributed by atoms with van der Waals surface area (Å²) in [6, 6.07) is 6.72. The van der Waals surface area contributed by atoms with Gasteiger partial charge in [0.25, 0.3) is 5.56 Å². The van der Waals surface area contributed by atoms with Crippen molar-refractivity contribution in [2.75, 3.05) is 19.6 Å². The number of aromatic nitrogens is 1. The molecule has 1 amide bonds. The van der Waals surface area contributed by atoms with Gasteiger partial charge in [-0.15, -0.1) is 0 Å². The molecule has 154 valence electrons. The number of fused-ring (bicyclic) bond motifs is 1. The minimum Gasteiger partial charge on any atom is -0.504 e. The van der Waals surface area contributed by atoms with Crippen LogP contribution in [0.2, 0.25) is 0 Å². The van der Waals surface area contributed by atoms with Crippen molar-refractivity contribution in [3.8, 4) is 11.5 Å². The first-order valence-corrected chi connectivity index (χ1v) is 9.02. The number of likely N-dealkylation sites (N-methyl/N-ethyl adjacent to an activating group) is 1. The van der Waals surface area contributed by atoms with Gasteiger partial charge in [-0.1, -0.05) is 32.9 Å². The Morgan fingerprint density at radius 2 is 1.79 bits per heavy atom. The van der Waals surface area contributed by atoms with Crippen LogP contribution in [0.15, 0.2) is 29.1 Å². The first-order valence-electron chi connectivity index (χ1n) is 9.02. The molecule has 0 bridgehead atoms. The van der Waals surface area contributed by atoms with Gasteiger partial charge in [0.05, 0.1) is 12.1 Å². The summed E-state index contributed by atoms with van der Waals surface area (Å²) in [4.78, 5) is 35.0. The third kappa shape index (κ3) is 5.98. The molecule has 0 fully saturated rings. The molecule has 9 nitrogen and oxygen atoms in total. The van der Waals surface area contributed by atoms with Gasteiger partial charge in [-0.05, 0) is 31.6 Å². The third-order valence-electron chi connectivity index (χ3n) is 4.01. The predicted octanol–water partition coefficient (Wildman–Crippen LogP) is 1.99. The van der Waals surface area contributed by atoms with Crippen LogP contribution in [0, 0.1) is 0 Å². The molecule has 0 aliphatic carbocycles. The van der Waals surface area contributed by atoms with Gasteiger partial charge in [0.15, 0.2) is 5.75 Å². The van der Waals surface area contributed by atoms with Crippen LogP contribution >= 0.6 is 0 Å². The number of carboxylic acid groups (broad SMARTS) is 1. The monoisotopic (exact) mass is 393 g/mol. The highest BCUT2D eigenvalue weighted by Gasteiger charge is 2.19. The maximum atomic E-state index is 12.1. The zero-order valence-electron chi connectivity index (χ0n) is 16.3. The van der Waals surface area contributed by atoms with Gasteiger partial charge in [0.2, 0.25) is 11.7 Å². The zero-order chi connectivity index (χ0) is 21.3. The van der Waals surface area contributed by atoms with E-state index in [-0.39, 0.29) is 5.91 Å². The fraction of sp³-hybridized carbons (Fsp3) is 0.421. The molecule has 0 radical (unpaired) electrons. The SMILES string of the molecule is CCCn1c(=O)c(OC(=O)O)c(O)c2ccccc21.CCN(CC)CC(N)=O. The predicted molar refractivity (Wildman–Crippen MR) is 106 cm³/mol. The summed E-state index contributed by atoms with van der Waals surface area (Å²) < 4.78 is 5.80. The van der Waals surface area contributed by atoms with Crippen LogP contribution in [-0.2, 0) is 11.3 Å². The van der Waals surface area contributed by atoms with Crippen molar-refractivity contribution in [1.82, 2.24) is 9.47 Å². The van der Waals surface area contributed by atoms with Gasteiger partial charge in [-0.2, -0.15) is 0 Å². The summed E-state index contributed by atoms with van der Waals surface area (Å²) in [5.41, 5.74) is 4.86. The van der Waals surface area contributed by atoms with E-state index >= 15 is 0 Å². The molecule has 1 heterocycles. The average molecular weight is 393 g/mol. The minimum absolute atomic E-state index is 0.251. The van der Waals surface area contributed by atoms with E-state index < -0.39 is 23.2 Å². The lowest BCUT2D eigenvalue weighted by molar-refractivity contribution is -0.119. The van der Waals surface area contributed by atoms with Gasteiger partial charge in [-0.25, -0.2) is 4.79 Å². The van der Waals surface area contributed by atoms with Gasteiger partial charge < -0.3 is 25.3 Å². The Kier molecular flexibility index (Phi) is 8.97. The topological polar surface area (TPSA) is 135 Å². The molecule has 2 rings (SSSR count). The van der Waals surface area contributed by atoms with Crippen molar-refractivity contribution in [2.24, 2.45) is 5.73 Å². The molecule has 0 saturated carbocycles. The van der Waals surface area contributed by atoms with Crippen LogP contribution in [0.5, 0.6) is 11.5 Å². The second kappa shape index (κ2) is 10.9. The largest absolute Gasteiger partial charge is 0.511 e. The lowest BCUT2D eigenvalue weighted by Crippen LogP contribution is -2.33. The normalized spacial score (nSPS) is 10.4. The molecular weight excluding hydrogens is 366 g/mol. The number of carbonyl (C=O) groups excluding carboxylic acids is 1. The highest BCUT2D eigenvalue weighted by Crippen LogP contribution is 2.31. The lowest BCUT2D eigenvalue weighted by atomic mass is 10.2. The molecule has 0 spiro atoms. The van der Waals surface area contributed by atoms with Crippen LogP contribution in [0.4, 0.5) is 4.79 Å². The van der Waals surface area contributed by atoms with E-state index in [9.17, 15) is 19.5 Å². The summed E-state index contributed by atoms with van der Waals surface area (Å²) in [7, 11) is 0. The zero-order valence-corrected chi connectivity index (χ0v) is 16.3. The van der Waals surface area contributed by atoms with Gasteiger partial charge >= 0.3 is 6.16 Å². The number of hydrogen-bond acceptors (Lipinski definition) is 6. The average Bonchev–Trinajstić information content (AvgIpc) is 2.66. The maximum absolute atomic E-state index is 12.1. The minimum atomic E-state index is -1.63. The number of rotatable bonds is 7. The van der Waals surface area contributed by atoms with Crippen molar-refractivity contribution in [2.45, 2.75) is 33.7 Å². The molecule has 0 atom stereocenters. The van der Waals surface area contributed by atoms with Crippen LogP contribution in [0.3, 0.4) is 0 Å². The number of carbonyl (C=O) groups is 2. The van der Waals surface area contributed by atoms with E-state index in [4.69, 9.17) is 10.8 Å². The molecule has 2 aromatic rings. The van der Waals surface area contributed by atoms with Crippen LogP contribution in [0.1, 0.15) is 27.2 Å². The number of nitrogens with two attached hydrogens (primary N) is 1. The number of benzene rings is 1. The van der Waals surface area contributed by atoms with E-state index in [1.165, 1.54) is 4.57 Å². The molecule has 0 aliphatic heterocycles. The standard InChI is InChI=1S/C13H13NO5.C6H14N2O/c1-2-7-14-9-6-4-3-5-8(9)10(15)11(12(14)16)19-13(17)18;1-3-8(4-2)5-6(7)9/h3-6,15H,2,7H2,1H3,(H,17,18);3-5H2,1-2H3,(H2,7,9). The van der Waals surface area contributed by atoms with Crippen LogP contribution in [-0.4, -0.2) is 51.4 Å². The first kappa shape index (κ1) is 23.0. The lowest BCUT2D eigenvalue weighted by Gasteiger charge is -2.14. The Morgan fingerprint density at radius 1 is 1.18 bits per heavy atom. The summed E-state index contributed by atoms with van der Waals surface area (Å²) in [6.07, 6.45) is -0.938. The molecule has 0 saturated heterocycles. The summed E-state index contributed by atoms with van der Waals surface area (Å²) in [5, 5.41) is 19.0. The molecular formula is C19H27N3O6. The second-order valence-corrected chi connectivity index (χ2v) is 5.95. The molecule has 1 aromatic heterocycles. The Bertz CT molecular complexity index is 874. The quantitative estimate of drug-likeness (QED) is 0.612. The van der Waals surface area contributed by atoms with Crippen molar-refractivity contribution in [1.29, 1.82) is 0 Å². The fourth-order valence-electron chi connectivity index (χ4n) is 2.66. The summed E-state index contributed by atoms with van der Waals surface area (Å²) >= 11 is 0. The van der Waals surface area contributed by atoms with Crippen molar-refractivity contribution < 1.29 is 24.5 Å². The van der Waals surface area contributed by atoms with Crippen molar-refractivity contribution in [3.05, 3.63) is 34.6 Å². The molecule has 4 N–H and O–H groups in total. The number of hydrogen-bond donors (Lipinski definition) is 3. The van der Waals surface area contributed by atoms with E-state index in [1.807, 2.05) is 25.7 Å². The van der Waals surface area contributed by atoms with Crippen LogP contribution in [0.25, 0.3) is 10.9 Å². The molecule has 1 aromatic carbocycles. The Labute approximate surface area is 162 Å². The number of primary amides is 1. The number of ether oxygens (including phenoxy) is 1. The van der Waals surface area contributed by atoms with E-state index in [0.717, 1.165) is 13.1 Å². The van der Waals surface area contributed by atoms with Gasteiger partial charge in [0, 0.05) is 11.9 Å². The Balaban J connectivity index is 0.000000370. The highest BCUT2D eigenvalue weighted by molar-refractivity contribution is 5.88. The number of nitrogens with zero attached hydrogens (tertiary/aromatic N) is 2. The van der Waals surface area contributed by atoms with Gasteiger partial charge in [0.1, 0.15) is 0 Å². The summed E-state index contributed by atoms with van der Waals surface area (Å²) in [5.74, 6) is -1.26. The first-order chi connectivity index (χ1) is 13.3. The Morgan fingerprint density at radius 3 is 2.25 bits per heavy atom. The van der Waals surface area contributed by atoms with Gasteiger partial charge in [-0.3, -0.25) is 14.5 Å². The van der Waals surface area contributed by atoms with Crippen molar-refractivity contribution in [3.63, 3.8) is 0 Å². The second-order valence-electron chi connectivity index (χ2n) is 5.95. The number of aromatic hydroxyl groups is 1. The van der Waals surface area contributed by atoms with E-state index in [1.54, 1.807) is 24.3 Å². The van der Waals surface area contributed by atoms with E-state index in [2.05, 4.69) is 4.74 Å². The number of para-hydroxylation sites is 1.